The minimum atomic E-state index is -1.19. The summed E-state index contributed by atoms with van der Waals surface area (Å²) in [7, 11) is 3.07. The summed E-state index contributed by atoms with van der Waals surface area (Å²) < 4.78 is 26.9. The van der Waals surface area contributed by atoms with Crippen LogP contribution in [0.2, 0.25) is 0 Å². The summed E-state index contributed by atoms with van der Waals surface area (Å²) >= 11 is 0. The van der Waals surface area contributed by atoms with Gasteiger partial charge in [0.2, 0.25) is 5.91 Å². The molecule has 0 saturated heterocycles. The first-order chi connectivity index (χ1) is 22.5. The maximum absolute atomic E-state index is 13.1. The SMILES string of the molecule is COc1ccc(C[C@H](N)C(=O)NCCCC[C@H](NC(=O)N[C@@H](CCC(=O)OC(C)(C)C)C(=O)OC(C)(C)C)C(=O)OC(C)(C)C)cc1OC. The topological polar surface area (TPSA) is 194 Å². The normalized spacial score (nSPS) is 13.6. The summed E-state index contributed by atoms with van der Waals surface area (Å²) in [4.78, 5) is 64.1. The van der Waals surface area contributed by atoms with Crippen molar-refractivity contribution in [3.63, 3.8) is 0 Å². The van der Waals surface area contributed by atoms with Gasteiger partial charge >= 0.3 is 23.9 Å². The predicted molar refractivity (Wildman–Crippen MR) is 184 cm³/mol. The van der Waals surface area contributed by atoms with Gasteiger partial charge in [0.05, 0.1) is 20.3 Å². The highest BCUT2D eigenvalue weighted by Gasteiger charge is 2.31. The second kappa shape index (κ2) is 19.2. The number of benzene rings is 1. The summed E-state index contributed by atoms with van der Waals surface area (Å²) in [5.74, 6) is -1.16. The lowest BCUT2D eigenvalue weighted by Gasteiger charge is -2.27. The van der Waals surface area contributed by atoms with Gasteiger partial charge < -0.3 is 45.4 Å². The number of hydrogen-bond donors (Lipinski definition) is 4. The molecule has 0 aliphatic heterocycles. The number of hydrogen-bond acceptors (Lipinski definition) is 11. The summed E-state index contributed by atoms with van der Waals surface area (Å²) in [6, 6.07) is 1.46. The Balaban J connectivity index is 2.83. The Morgan fingerprint density at radius 2 is 1.22 bits per heavy atom. The highest BCUT2D eigenvalue weighted by molar-refractivity contribution is 5.87. The van der Waals surface area contributed by atoms with E-state index < -0.39 is 58.9 Å². The fourth-order valence-corrected chi connectivity index (χ4v) is 4.43. The Morgan fingerprint density at radius 3 is 1.71 bits per heavy atom. The average molecular weight is 695 g/mol. The van der Waals surface area contributed by atoms with Crippen molar-refractivity contribution in [2.75, 3.05) is 20.8 Å². The van der Waals surface area contributed by atoms with Gasteiger partial charge in [0.25, 0.3) is 0 Å². The smallest absolute Gasteiger partial charge is 0.329 e. The molecule has 14 heteroatoms. The maximum atomic E-state index is 13.1. The number of rotatable bonds is 17. The molecular formula is C35H58N4O10. The van der Waals surface area contributed by atoms with E-state index in [0.29, 0.717) is 24.3 Å². The molecule has 14 nitrogen and oxygen atoms in total. The zero-order chi connectivity index (χ0) is 37.6. The van der Waals surface area contributed by atoms with Crippen molar-refractivity contribution in [1.29, 1.82) is 0 Å². The highest BCUT2D eigenvalue weighted by Crippen LogP contribution is 2.28. The molecule has 0 aliphatic rings. The van der Waals surface area contributed by atoms with Crippen LogP contribution in [0.5, 0.6) is 11.5 Å². The summed E-state index contributed by atoms with van der Waals surface area (Å²) in [5.41, 5.74) is 4.55. The molecule has 0 saturated carbocycles. The van der Waals surface area contributed by atoms with Crippen LogP contribution < -0.4 is 31.2 Å². The predicted octanol–water partition coefficient (Wildman–Crippen LogP) is 3.70. The van der Waals surface area contributed by atoms with E-state index in [-0.39, 0.29) is 38.1 Å². The number of esters is 3. The van der Waals surface area contributed by atoms with Crippen molar-refractivity contribution < 1.29 is 47.7 Å². The van der Waals surface area contributed by atoms with Crippen LogP contribution in [0, 0.1) is 0 Å². The van der Waals surface area contributed by atoms with Crippen molar-refractivity contribution in [3.05, 3.63) is 23.8 Å². The first kappa shape index (κ1) is 43.0. The number of ether oxygens (including phenoxy) is 5. The first-order valence-corrected chi connectivity index (χ1v) is 16.5. The lowest BCUT2D eigenvalue weighted by molar-refractivity contribution is -0.159. The molecule has 49 heavy (non-hydrogen) atoms. The Bertz CT molecular complexity index is 1260. The molecule has 0 unspecified atom stereocenters. The van der Waals surface area contributed by atoms with Crippen LogP contribution in [0.1, 0.15) is 100.0 Å². The van der Waals surface area contributed by atoms with Crippen LogP contribution in [-0.2, 0) is 39.8 Å². The summed E-state index contributed by atoms with van der Waals surface area (Å²) in [5, 5.41) is 7.95. The number of amides is 3. The van der Waals surface area contributed by atoms with Gasteiger partial charge in [-0.3, -0.25) is 9.59 Å². The molecule has 0 fully saturated rings. The number of nitrogens with two attached hydrogens (primary N) is 1. The molecular weight excluding hydrogens is 636 g/mol. The lowest BCUT2D eigenvalue weighted by Crippen LogP contribution is -2.53. The van der Waals surface area contributed by atoms with Crippen LogP contribution in [-0.4, -0.2) is 85.5 Å². The molecule has 1 aromatic carbocycles. The van der Waals surface area contributed by atoms with Gasteiger partial charge in [-0.2, -0.15) is 0 Å². The van der Waals surface area contributed by atoms with E-state index in [2.05, 4.69) is 16.0 Å². The van der Waals surface area contributed by atoms with Crippen molar-refractivity contribution in [2.24, 2.45) is 5.73 Å². The van der Waals surface area contributed by atoms with E-state index in [4.69, 9.17) is 29.4 Å². The summed E-state index contributed by atoms with van der Waals surface area (Å²) in [6.07, 6.45) is 1.15. The Labute approximate surface area is 290 Å². The van der Waals surface area contributed by atoms with E-state index in [1.165, 1.54) is 14.2 Å². The van der Waals surface area contributed by atoms with Gasteiger partial charge in [0.1, 0.15) is 28.9 Å². The molecule has 0 bridgehead atoms. The standard InChI is InChI=1S/C35H58N4O10/c1-33(2,3)47-28(40)18-16-25(31(43)49-35(7,8)9)39-32(44)38-24(30(42)48-34(4,5)6)14-12-13-19-37-29(41)23(36)20-22-15-17-26(45-10)27(21-22)46-11/h15,17,21,23-25H,12-14,16,18-20,36H2,1-11H3,(H,37,41)(H2,38,39,44)/t23-,24-,25-/m0/s1. The molecule has 3 amide bonds. The highest BCUT2D eigenvalue weighted by atomic mass is 16.6. The maximum Gasteiger partial charge on any atom is 0.329 e. The average Bonchev–Trinajstić information content (AvgIpc) is 2.95. The van der Waals surface area contributed by atoms with E-state index in [0.717, 1.165) is 5.56 Å². The van der Waals surface area contributed by atoms with Crippen molar-refractivity contribution in [1.82, 2.24) is 16.0 Å². The van der Waals surface area contributed by atoms with E-state index in [1.54, 1.807) is 74.4 Å². The van der Waals surface area contributed by atoms with Crippen LogP contribution in [0.3, 0.4) is 0 Å². The Hall–Kier alpha value is -4.07. The Morgan fingerprint density at radius 1 is 0.714 bits per heavy atom. The van der Waals surface area contributed by atoms with Crippen molar-refractivity contribution in [3.8, 4) is 11.5 Å². The van der Waals surface area contributed by atoms with E-state index in [1.807, 2.05) is 6.07 Å². The number of urea groups is 1. The second-order valence-electron chi connectivity index (χ2n) is 14.7. The minimum absolute atomic E-state index is 0.0812. The van der Waals surface area contributed by atoms with Gasteiger partial charge in [0, 0.05) is 13.0 Å². The fourth-order valence-electron chi connectivity index (χ4n) is 4.43. The lowest BCUT2D eigenvalue weighted by atomic mass is 10.0. The van der Waals surface area contributed by atoms with Crippen LogP contribution in [0.25, 0.3) is 0 Å². The largest absolute Gasteiger partial charge is 0.493 e. The van der Waals surface area contributed by atoms with Crippen molar-refractivity contribution in [2.45, 2.75) is 136 Å². The quantitative estimate of drug-likeness (QED) is 0.106. The molecule has 1 aromatic rings. The number of methoxy groups -OCH3 is 2. The van der Waals surface area contributed by atoms with Crippen LogP contribution in [0.15, 0.2) is 18.2 Å². The van der Waals surface area contributed by atoms with E-state index in [9.17, 15) is 24.0 Å². The van der Waals surface area contributed by atoms with Gasteiger partial charge in [-0.05, 0) is 112 Å². The van der Waals surface area contributed by atoms with Gasteiger partial charge in [-0.15, -0.1) is 0 Å². The molecule has 0 radical (unpaired) electrons. The molecule has 1 rings (SSSR count). The number of carbonyl (C=O) groups is 5. The molecule has 3 atom stereocenters. The molecule has 0 spiro atoms. The molecule has 0 aliphatic carbocycles. The third-order valence-corrected chi connectivity index (χ3v) is 6.51. The molecule has 0 aromatic heterocycles. The monoisotopic (exact) mass is 694 g/mol. The number of nitrogens with one attached hydrogen (secondary N) is 3. The third kappa shape index (κ3) is 18.3. The minimum Gasteiger partial charge on any atom is -0.493 e. The van der Waals surface area contributed by atoms with E-state index >= 15 is 0 Å². The summed E-state index contributed by atoms with van der Waals surface area (Å²) in [6.45, 7) is 15.6. The third-order valence-electron chi connectivity index (χ3n) is 6.51. The second-order valence-corrected chi connectivity index (χ2v) is 14.7. The van der Waals surface area contributed by atoms with Crippen molar-refractivity contribution >= 4 is 29.8 Å². The zero-order valence-corrected chi connectivity index (χ0v) is 31.1. The number of carbonyl (C=O) groups excluding carboxylic acids is 5. The van der Waals surface area contributed by atoms with Gasteiger partial charge in [-0.1, -0.05) is 6.07 Å². The fraction of sp³-hybridized carbons (Fsp3) is 0.686. The molecule has 0 heterocycles. The van der Waals surface area contributed by atoms with Crippen LogP contribution >= 0.6 is 0 Å². The van der Waals surface area contributed by atoms with Gasteiger partial charge in [-0.25, -0.2) is 14.4 Å². The van der Waals surface area contributed by atoms with Gasteiger partial charge in [0.15, 0.2) is 11.5 Å². The Kier molecular flexibility index (Phi) is 16.8. The zero-order valence-electron chi connectivity index (χ0n) is 31.1. The first-order valence-electron chi connectivity index (χ1n) is 16.5. The van der Waals surface area contributed by atoms with Crippen LogP contribution in [0.4, 0.5) is 4.79 Å². The molecule has 5 N–H and O–H groups in total. The number of unbranched alkanes of at least 4 members (excludes halogenated alkanes) is 1. The molecule has 278 valence electrons.